The minimum atomic E-state index is 0.517. The van der Waals surface area contributed by atoms with Crippen molar-refractivity contribution in [3.63, 3.8) is 0 Å². The molecule has 7 heteroatoms. The zero-order valence-corrected chi connectivity index (χ0v) is 13.5. The van der Waals surface area contributed by atoms with E-state index in [0.717, 1.165) is 11.3 Å². The first-order valence-corrected chi connectivity index (χ1v) is 7.81. The molecule has 1 aromatic carbocycles. The molecule has 0 atom stereocenters. The van der Waals surface area contributed by atoms with E-state index >= 15 is 0 Å². The molecule has 2 aromatic rings. The van der Waals surface area contributed by atoms with Gasteiger partial charge in [-0.25, -0.2) is 0 Å². The molecule has 1 saturated carbocycles. The lowest BCUT2D eigenvalue weighted by Gasteiger charge is -2.08. The Hall–Kier alpha value is -1.30. The van der Waals surface area contributed by atoms with Crippen LogP contribution >= 0.6 is 35.4 Å². The van der Waals surface area contributed by atoms with Crippen LogP contribution in [0.4, 0.5) is 5.69 Å². The Balaban J connectivity index is 1.65. The van der Waals surface area contributed by atoms with Crippen LogP contribution in [0, 0.1) is 0 Å². The molecule has 1 heterocycles. The molecule has 1 aliphatic carbocycles. The van der Waals surface area contributed by atoms with Gasteiger partial charge in [-0.15, -0.1) is 0 Å². The number of nitrogens with zero attached hydrogens (tertiary/aromatic N) is 2. The molecule has 0 radical (unpaired) electrons. The van der Waals surface area contributed by atoms with Crippen molar-refractivity contribution in [1.29, 1.82) is 0 Å². The van der Waals surface area contributed by atoms with Crippen molar-refractivity contribution in [3.8, 4) is 0 Å². The van der Waals surface area contributed by atoms with E-state index in [2.05, 4.69) is 15.7 Å². The van der Waals surface area contributed by atoms with Gasteiger partial charge in [0.1, 0.15) is 0 Å². The van der Waals surface area contributed by atoms with E-state index in [1.807, 2.05) is 24.4 Å². The molecule has 0 aliphatic heterocycles. The van der Waals surface area contributed by atoms with Gasteiger partial charge in [-0.2, -0.15) is 5.10 Å². The van der Waals surface area contributed by atoms with Crippen molar-refractivity contribution < 1.29 is 0 Å². The predicted octanol–water partition coefficient (Wildman–Crippen LogP) is 3.69. The number of rotatable bonds is 4. The molecule has 1 aromatic heterocycles. The monoisotopic (exact) mass is 340 g/mol. The lowest BCUT2D eigenvalue weighted by atomic mass is 10.2. The summed E-state index contributed by atoms with van der Waals surface area (Å²) in [6.45, 7) is 0.517. The fourth-order valence-corrected chi connectivity index (χ4v) is 2.74. The Labute approximate surface area is 138 Å². The predicted molar refractivity (Wildman–Crippen MR) is 90.2 cm³/mol. The number of benzene rings is 1. The van der Waals surface area contributed by atoms with Crippen LogP contribution in [-0.4, -0.2) is 20.9 Å². The highest BCUT2D eigenvalue weighted by Crippen LogP contribution is 2.25. The summed E-state index contributed by atoms with van der Waals surface area (Å²) < 4.78 is 1.77. The zero-order valence-electron chi connectivity index (χ0n) is 11.1. The van der Waals surface area contributed by atoms with Gasteiger partial charge in [-0.3, -0.25) is 4.68 Å². The minimum Gasteiger partial charge on any atom is -0.360 e. The Morgan fingerprint density at radius 3 is 2.71 bits per heavy atom. The quantitative estimate of drug-likeness (QED) is 0.833. The van der Waals surface area contributed by atoms with Crippen molar-refractivity contribution >= 4 is 46.2 Å². The van der Waals surface area contributed by atoms with Gasteiger partial charge in [-0.05, 0) is 37.2 Å². The number of thiocarbonyl (C=S) groups is 1. The summed E-state index contributed by atoms with van der Waals surface area (Å²) in [7, 11) is 0. The maximum atomic E-state index is 6.16. The van der Waals surface area contributed by atoms with Crippen LogP contribution in [0.25, 0.3) is 0 Å². The average molecular weight is 341 g/mol. The highest BCUT2D eigenvalue weighted by molar-refractivity contribution is 7.80. The first-order valence-electron chi connectivity index (χ1n) is 6.64. The van der Waals surface area contributed by atoms with Crippen LogP contribution in [0.3, 0.4) is 0 Å². The van der Waals surface area contributed by atoms with E-state index in [1.54, 1.807) is 10.9 Å². The van der Waals surface area contributed by atoms with E-state index in [9.17, 15) is 0 Å². The second-order valence-corrected chi connectivity index (χ2v) is 6.22. The van der Waals surface area contributed by atoms with Gasteiger partial charge in [0, 0.05) is 27.8 Å². The Morgan fingerprint density at radius 1 is 1.33 bits per heavy atom. The molecular weight excluding hydrogens is 327 g/mol. The van der Waals surface area contributed by atoms with E-state index in [1.165, 1.54) is 12.8 Å². The van der Waals surface area contributed by atoms with Gasteiger partial charge in [-0.1, -0.05) is 29.3 Å². The van der Waals surface area contributed by atoms with Crippen molar-refractivity contribution in [2.24, 2.45) is 0 Å². The van der Waals surface area contributed by atoms with Gasteiger partial charge in [0.15, 0.2) is 5.11 Å². The number of halogens is 2. The Bertz CT molecular complexity index is 646. The molecule has 0 unspecified atom stereocenters. The molecule has 3 rings (SSSR count). The van der Waals surface area contributed by atoms with Gasteiger partial charge in [0.05, 0.1) is 18.4 Å². The van der Waals surface area contributed by atoms with Crippen molar-refractivity contribution in [1.82, 2.24) is 15.1 Å². The van der Waals surface area contributed by atoms with Gasteiger partial charge < -0.3 is 10.6 Å². The normalized spacial score (nSPS) is 14.0. The van der Waals surface area contributed by atoms with Crippen LogP contribution in [0.5, 0.6) is 0 Å². The highest BCUT2D eigenvalue weighted by atomic mass is 35.5. The smallest absolute Gasteiger partial charge is 0.171 e. The van der Waals surface area contributed by atoms with Crippen LogP contribution in [0.2, 0.25) is 10.0 Å². The average Bonchev–Trinajstić information content (AvgIpc) is 3.13. The zero-order chi connectivity index (χ0) is 14.8. The molecular formula is C14H14Cl2N4S. The molecule has 0 bridgehead atoms. The molecule has 0 saturated heterocycles. The third-order valence-corrected chi connectivity index (χ3v) is 4.11. The van der Waals surface area contributed by atoms with E-state index in [4.69, 9.17) is 35.4 Å². The summed E-state index contributed by atoms with van der Waals surface area (Å²) in [5.41, 5.74) is 1.70. The summed E-state index contributed by atoms with van der Waals surface area (Å²) in [5, 5.41) is 12.5. The van der Waals surface area contributed by atoms with Gasteiger partial charge >= 0.3 is 0 Å². The maximum Gasteiger partial charge on any atom is 0.171 e. The molecule has 2 N–H and O–H groups in total. The molecule has 110 valence electrons. The molecule has 1 aliphatic rings. The van der Waals surface area contributed by atoms with Gasteiger partial charge in [0.2, 0.25) is 0 Å². The molecule has 0 spiro atoms. The van der Waals surface area contributed by atoms with Gasteiger partial charge in [0.25, 0.3) is 0 Å². The van der Waals surface area contributed by atoms with E-state index in [0.29, 0.717) is 27.7 Å². The maximum absolute atomic E-state index is 6.16. The summed E-state index contributed by atoms with van der Waals surface area (Å²) in [4.78, 5) is 0. The lowest BCUT2D eigenvalue weighted by Crippen LogP contribution is -2.29. The SMILES string of the molecule is S=C(Nc1cnn(Cc2c(Cl)cccc2Cl)c1)NC1CC1. The summed E-state index contributed by atoms with van der Waals surface area (Å²) in [5.74, 6) is 0. The minimum absolute atomic E-state index is 0.517. The summed E-state index contributed by atoms with van der Waals surface area (Å²) in [6.07, 6.45) is 5.98. The molecule has 0 amide bonds. The molecule has 21 heavy (non-hydrogen) atoms. The van der Waals surface area contributed by atoms with E-state index in [-0.39, 0.29) is 0 Å². The number of anilines is 1. The fourth-order valence-electron chi connectivity index (χ4n) is 1.94. The largest absolute Gasteiger partial charge is 0.360 e. The highest BCUT2D eigenvalue weighted by Gasteiger charge is 2.21. The van der Waals surface area contributed by atoms with Crippen molar-refractivity contribution in [3.05, 3.63) is 46.2 Å². The second-order valence-electron chi connectivity index (χ2n) is 5.00. The summed E-state index contributed by atoms with van der Waals surface area (Å²) >= 11 is 17.6. The third-order valence-electron chi connectivity index (χ3n) is 3.19. The lowest BCUT2D eigenvalue weighted by molar-refractivity contribution is 0.687. The Kier molecular flexibility index (Phi) is 4.33. The standard InChI is InChI=1S/C14H14Cl2N4S/c15-12-2-1-3-13(16)11(12)8-20-7-10(6-17-20)19-14(21)18-9-4-5-9/h1-3,6-7,9H,4-5,8H2,(H2,18,19,21). The van der Waals surface area contributed by atoms with E-state index < -0.39 is 0 Å². The fraction of sp³-hybridized carbons (Fsp3) is 0.286. The molecule has 4 nitrogen and oxygen atoms in total. The number of nitrogens with one attached hydrogen (secondary N) is 2. The van der Waals surface area contributed by atoms with Crippen molar-refractivity contribution in [2.45, 2.75) is 25.4 Å². The topological polar surface area (TPSA) is 41.9 Å². The van der Waals surface area contributed by atoms with Crippen LogP contribution in [0.1, 0.15) is 18.4 Å². The number of hydrogen-bond acceptors (Lipinski definition) is 2. The molecule has 1 fully saturated rings. The second kappa shape index (κ2) is 6.22. The summed E-state index contributed by atoms with van der Waals surface area (Å²) in [6, 6.07) is 5.99. The van der Waals surface area contributed by atoms with Crippen molar-refractivity contribution in [2.75, 3.05) is 5.32 Å². The number of hydrogen-bond donors (Lipinski definition) is 2. The van der Waals surface area contributed by atoms with Crippen LogP contribution in [0.15, 0.2) is 30.6 Å². The third kappa shape index (κ3) is 3.87. The first-order chi connectivity index (χ1) is 10.1. The van der Waals surface area contributed by atoms with Crippen LogP contribution in [-0.2, 0) is 6.54 Å². The van der Waals surface area contributed by atoms with Crippen LogP contribution < -0.4 is 10.6 Å². The Morgan fingerprint density at radius 2 is 2.05 bits per heavy atom. The first kappa shape index (κ1) is 14.6. The number of aromatic nitrogens is 2.